The average Bonchev–Trinajstić information content (AvgIpc) is 2.26. The van der Waals surface area contributed by atoms with Crippen molar-refractivity contribution in [2.75, 3.05) is 0 Å². The molecule has 103 valence electrons. The maximum Gasteiger partial charge on any atom is 0.416 e. The minimum atomic E-state index is -4.94. The molecule has 1 radical (unpaired) electrons. The molecule has 0 aliphatic carbocycles. The average molecular weight is 282 g/mol. The van der Waals surface area contributed by atoms with Gasteiger partial charge in [-0.05, 0) is 36.2 Å². The second-order valence-electron chi connectivity index (χ2n) is 3.56. The van der Waals surface area contributed by atoms with Crippen LogP contribution in [0, 0.1) is 6.92 Å². The highest BCUT2D eigenvalue weighted by molar-refractivity contribution is 5.35. The summed E-state index contributed by atoms with van der Waals surface area (Å²) < 4.78 is 75.0. The first kappa shape index (κ1) is 15.2. The summed E-state index contributed by atoms with van der Waals surface area (Å²) in [5.41, 5.74) is 4.73. The van der Waals surface area contributed by atoms with Gasteiger partial charge in [0.15, 0.2) is 0 Å². The van der Waals surface area contributed by atoms with E-state index in [9.17, 15) is 26.3 Å². The van der Waals surface area contributed by atoms with Crippen LogP contribution in [0.1, 0.15) is 22.7 Å². The molecule has 0 heterocycles. The second-order valence-corrected chi connectivity index (χ2v) is 3.56. The number of halogens is 6. The Kier molecular flexibility index (Phi) is 4.00. The standard InChI is InChI=1S/C10H6F6N3/c1-5(18-19-17)6-2-7(9(11,12)13)4-8(3-6)10(14,15)16/h2-5H,1H2. The molecule has 1 aromatic rings. The zero-order valence-electron chi connectivity index (χ0n) is 9.13. The molecule has 0 amide bonds. The molecule has 0 saturated heterocycles. The van der Waals surface area contributed by atoms with Crippen molar-refractivity contribution >= 4 is 0 Å². The summed E-state index contributed by atoms with van der Waals surface area (Å²) in [4.78, 5) is 2.30. The van der Waals surface area contributed by atoms with Gasteiger partial charge in [-0.15, -0.1) is 0 Å². The molecule has 0 aromatic heterocycles. The fraction of sp³-hybridized carbons (Fsp3) is 0.300. The van der Waals surface area contributed by atoms with Crippen LogP contribution in [-0.2, 0) is 12.4 Å². The number of benzene rings is 1. The fourth-order valence-electron chi connectivity index (χ4n) is 1.30. The Morgan fingerprint density at radius 3 is 1.74 bits per heavy atom. The third kappa shape index (κ3) is 3.78. The van der Waals surface area contributed by atoms with E-state index in [2.05, 4.69) is 16.9 Å². The summed E-state index contributed by atoms with van der Waals surface area (Å²) in [7, 11) is 0. The van der Waals surface area contributed by atoms with E-state index >= 15 is 0 Å². The maximum absolute atomic E-state index is 12.5. The molecule has 3 nitrogen and oxygen atoms in total. The van der Waals surface area contributed by atoms with Gasteiger partial charge in [0.2, 0.25) is 0 Å². The van der Waals surface area contributed by atoms with Crippen LogP contribution >= 0.6 is 0 Å². The zero-order valence-corrected chi connectivity index (χ0v) is 9.13. The second kappa shape index (κ2) is 5.00. The van der Waals surface area contributed by atoms with E-state index in [0.29, 0.717) is 12.1 Å². The van der Waals surface area contributed by atoms with Crippen LogP contribution in [0.15, 0.2) is 23.3 Å². The Labute approximate surface area is 103 Å². The van der Waals surface area contributed by atoms with E-state index < -0.39 is 35.1 Å². The number of hydrogen-bond donors (Lipinski definition) is 0. The van der Waals surface area contributed by atoms with Crippen LogP contribution in [-0.4, -0.2) is 0 Å². The first-order chi connectivity index (χ1) is 8.55. The molecule has 0 aliphatic rings. The molecule has 0 N–H and O–H groups in total. The monoisotopic (exact) mass is 282 g/mol. The molecular weight excluding hydrogens is 276 g/mol. The number of nitrogens with zero attached hydrogens (tertiary/aromatic N) is 3. The van der Waals surface area contributed by atoms with E-state index in [1.54, 1.807) is 0 Å². The molecule has 0 bridgehead atoms. The summed E-state index contributed by atoms with van der Waals surface area (Å²) in [6.07, 6.45) is -9.88. The molecule has 0 fully saturated rings. The first-order valence-electron chi connectivity index (χ1n) is 4.72. The maximum atomic E-state index is 12.5. The summed E-state index contributed by atoms with van der Waals surface area (Å²) >= 11 is 0. The zero-order chi connectivity index (χ0) is 14.8. The van der Waals surface area contributed by atoms with Crippen molar-refractivity contribution < 1.29 is 26.3 Å². The number of alkyl halides is 6. The van der Waals surface area contributed by atoms with Gasteiger partial charge >= 0.3 is 12.4 Å². The Balaban J connectivity index is 3.45. The summed E-state index contributed by atoms with van der Waals surface area (Å²) in [6.45, 7) is 3.19. The predicted molar refractivity (Wildman–Crippen MR) is 53.7 cm³/mol. The third-order valence-electron chi connectivity index (χ3n) is 2.19. The van der Waals surface area contributed by atoms with Crippen molar-refractivity contribution in [2.24, 2.45) is 5.11 Å². The van der Waals surface area contributed by atoms with Gasteiger partial charge in [0.1, 0.15) is 0 Å². The summed E-state index contributed by atoms with van der Waals surface area (Å²) in [6, 6.07) is -0.441. The molecule has 1 unspecified atom stereocenters. The molecule has 1 rings (SSSR count). The minimum absolute atomic E-state index is 0.00763. The molecule has 1 aromatic carbocycles. The Hall–Kier alpha value is -1.89. The highest BCUT2D eigenvalue weighted by Gasteiger charge is 2.37. The van der Waals surface area contributed by atoms with Gasteiger partial charge in [-0.2, -0.15) is 26.3 Å². The van der Waals surface area contributed by atoms with Crippen molar-refractivity contribution in [3.8, 4) is 0 Å². The van der Waals surface area contributed by atoms with Gasteiger partial charge < -0.3 is 0 Å². The number of rotatable bonds is 2. The molecule has 1 atom stereocenters. The molecule has 19 heavy (non-hydrogen) atoms. The van der Waals surface area contributed by atoms with Crippen molar-refractivity contribution in [1.29, 1.82) is 0 Å². The SMILES string of the molecule is [CH2]C(N=[N+]=[N-])c1cc(C(F)(F)F)cc(C(F)(F)F)c1. The van der Waals surface area contributed by atoms with E-state index in [1.165, 1.54) is 0 Å². The Morgan fingerprint density at radius 1 is 1.00 bits per heavy atom. The highest BCUT2D eigenvalue weighted by atomic mass is 19.4. The van der Waals surface area contributed by atoms with Crippen LogP contribution in [0.4, 0.5) is 26.3 Å². The number of hydrogen-bond acceptors (Lipinski definition) is 1. The van der Waals surface area contributed by atoms with Gasteiger partial charge in [0, 0.05) is 4.91 Å². The smallest absolute Gasteiger partial charge is 0.166 e. The van der Waals surface area contributed by atoms with E-state index in [0.717, 1.165) is 0 Å². The molecule has 0 spiro atoms. The molecular formula is C10H6F6N3. The van der Waals surface area contributed by atoms with E-state index in [-0.39, 0.29) is 6.07 Å². The Morgan fingerprint density at radius 2 is 1.42 bits per heavy atom. The van der Waals surface area contributed by atoms with Crippen molar-refractivity contribution in [3.05, 3.63) is 52.3 Å². The van der Waals surface area contributed by atoms with Gasteiger partial charge in [-0.3, -0.25) is 0 Å². The molecule has 0 aliphatic heterocycles. The number of azide groups is 1. The molecule has 0 saturated carbocycles. The summed E-state index contributed by atoms with van der Waals surface area (Å²) in [5, 5.41) is 2.98. The van der Waals surface area contributed by atoms with Gasteiger partial charge in [-0.25, -0.2) is 0 Å². The van der Waals surface area contributed by atoms with E-state index in [1.807, 2.05) is 0 Å². The lowest BCUT2D eigenvalue weighted by molar-refractivity contribution is -0.143. The fourth-order valence-corrected chi connectivity index (χ4v) is 1.30. The van der Waals surface area contributed by atoms with Crippen molar-refractivity contribution in [3.63, 3.8) is 0 Å². The largest absolute Gasteiger partial charge is 0.416 e. The highest BCUT2D eigenvalue weighted by Crippen LogP contribution is 2.37. The van der Waals surface area contributed by atoms with Crippen LogP contribution in [0.25, 0.3) is 10.4 Å². The lowest BCUT2D eigenvalue weighted by atomic mass is 10.0. The molecule has 9 heteroatoms. The Bertz CT molecular complexity index is 481. The summed E-state index contributed by atoms with van der Waals surface area (Å²) in [5.74, 6) is 0. The van der Waals surface area contributed by atoms with Gasteiger partial charge in [0.25, 0.3) is 0 Å². The topological polar surface area (TPSA) is 48.8 Å². The van der Waals surface area contributed by atoms with E-state index in [4.69, 9.17) is 5.53 Å². The van der Waals surface area contributed by atoms with Crippen LogP contribution in [0.2, 0.25) is 0 Å². The normalized spacial score (nSPS) is 13.8. The third-order valence-corrected chi connectivity index (χ3v) is 2.19. The van der Waals surface area contributed by atoms with Gasteiger partial charge in [0.05, 0.1) is 17.2 Å². The minimum Gasteiger partial charge on any atom is -0.166 e. The van der Waals surface area contributed by atoms with Crippen LogP contribution < -0.4 is 0 Å². The lowest BCUT2D eigenvalue weighted by Crippen LogP contribution is -2.12. The lowest BCUT2D eigenvalue weighted by Gasteiger charge is -2.15. The van der Waals surface area contributed by atoms with Crippen LogP contribution in [0.5, 0.6) is 0 Å². The predicted octanol–water partition coefficient (Wildman–Crippen LogP) is 4.91. The van der Waals surface area contributed by atoms with Crippen LogP contribution in [0.3, 0.4) is 0 Å². The quantitative estimate of drug-likeness (QED) is 0.320. The van der Waals surface area contributed by atoms with Crippen molar-refractivity contribution in [2.45, 2.75) is 18.4 Å². The van der Waals surface area contributed by atoms with Crippen molar-refractivity contribution in [1.82, 2.24) is 0 Å². The first-order valence-corrected chi connectivity index (χ1v) is 4.72. The van der Waals surface area contributed by atoms with Gasteiger partial charge in [-0.1, -0.05) is 5.11 Å².